The molecule has 1 aliphatic carbocycles. The van der Waals surface area contributed by atoms with Gasteiger partial charge in [-0.15, -0.1) is 0 Å². The fourth-order valence-corrected chi connectivity index (χ4v) is 2.52. The summed E-state index contributed by atoms with van der Waals surface area (Å²) < 4.78 is 0. The highest BCUT2D eigenvalue weighted by atomic mass is 15.2. The van der Waals surface area contributed by atoms with Gasteiger partial charge in [-0.05, 0) is 12.8 Å². The van der Waals surface area contributed by atoms with E-state index in [4.69, 9.17) is 10.7 Å². The van der Waals surface area contributed by atoms with E-state index in [2.05, 4.69) is 9.89 Å². The molecule has 0 aromatic heterocycles. The molecule has 1 atom stereocenters. The summed E-state index contributed by atoms with van der Waals surface area (Å²) in [5.41, 5.74) is 5.90. The van der Waals surface area contributed by atoms with Crippen molar-refractivity contribution in [2.75, 3.05) is 14.1 Å². The molecule has 16 heavy (non-hydrogen) atoms. The van der Waals surface area contributed by atoms with Gasteiger partial charge in [-0.2, -0.15) is 0 Å². The van der Waals surface area contributed by atoms with Crippen LogP contribution in [-0.4, -0.2) is 36.8 Å². The molecule has 1 unspecified atom stereocenters. The minimum Gasteiger partial charge on any atom is -0.387 e. The summed E-state index contributed by atoms with van der Waals surface area (Å²) in [5, 5.41) is 0. The number of nitrogens with two attached hydrogens (primary N) is 1. The minimum atomic E-state index is 0.0893. The molecular weight excluding hydrogens is 200 g/mol. The van der Waals surface area contributed by atoms with Crippen molar-refractivity contribution in [3.8, 4) is 0 Å². The molecule has 90 valence electrons. The standard InChI is InChI=1S/C12H22N4/c1-16(2)11-8-10(13)14-12(15-11)9-6-4-3-5-7-9/h9,12H,3-8H2,1-2H3,(H2,13,14). The van der Waals surface area contributed by atoms with Crippen LogP contribution in [0.3, 0.4) is 0 Å². The van der Waals surface area contributed by atoms with Gasteiger partial charge in [0.1, 0.15) is 17.8 Å². The Balaban J connectivity index is 2.09. The van der Waals surface area contributed by atoms with Crippen LogP contribution in [0.15, 0.2) is 9.98 Å². The van der Waals surface area contributed by atoms with E-state index in [9.17, 15) is 0 Å². The van der Waals surface area contributed by atoms with Gasteiger partial charge >= 0.3 is 0 Å². The van der Waals surface area contributed by atoms with Gasteiger partial charge in [0.15, 0.2) is 0 Å². The molecule has 1 saturated carbocycles. The van der Waals surface area contributed by atoms with Crippen LogP contribution < -0.4 is 5.73 Å². The van der Waals surface area contributed by atoms with Crippen molar-refractivity contribution in [1.29, 1.82) is 0 Å². The maximum Gasteiger partial charge on any atom is 0.146 e. The van der Waals surface area contributed by atoms with Crippen LogP contribution in [0.5, 0.6) is 0 Å². The third kappa shape index (κ3) is 2.54. The lowest BCUT2D eigenvalue weighted by atomic mass is 9.87. The Kier molecular flexibility index (Phi) is 3.46. The molecule has 2 aliphatic rings. The quantitative estimate of drug-likeness (QED) is 0.733. The van der Waals surface area contributed by atoms with Gasteiger partial charge in [0.05, 0.1) is 6.42 Å². The van der Waals surface area contributed by atoms with Crippen molar-refractivity contribution < 1.29 is 0 Å². The van der Waals surface area contributed by atoms with Gasteiger partial charge in [0, 0.05) is 20.0 Å². The van der Waals surface area contributed by atoms with E-state index in [1.165, 1.54) is 32.1 Å². The zero-order valence-electron chi connectivity index (χ0n) is 10.3. The van der Waals surface area contributed by atoms with Crippen molar-refractivity contribution in [3.63, 3.8) is 0 Å². The predicted octanol–water partition coefficient (Wildman–Crippen LogP) is 1.61. The van der Waals surface area contributed by atoms with Crippen LogP contribution in [0.25, 0.3) is 0 Å². The van der Waals surface area contributed by atoms with E-state index in [0.717, 1.165) is 11.7 Å². The first-order chi connectivity index (χ1) is 7.66. The Hall–Kier alpha value is -1.06. The van der Waals surface area contributed by atoms with Gasteiger partial charge in [-0.1, -0.05) is 19.3 Å². The summed E-state index contributed by atoms with van der Waals surface area (Å²) in [5.74, 6) is 2.43. The largest absolute Gasteiger partial charge is 0.387 e. The van der Waals surface area contributed by atoms with Crippen molar-refractivity contribution in [1.82, 2.24) is 4.90 Å². The fraction of sp³-hybridized carbons (Fsp3) is 0.833. The Morgan fingerprint density at radius 2 is 1.81 bits per heavy atom. The molecule has 1 fully saturated rings. The third-order valence-corrected chi connectivity index (χ3v) is 3.51. The zero-order valence-corrected chi connectivity index (χ0v) is 10.3. The molecule has 0 amide bonds. The molecule has 0 bridgehead atoms. The van der Waals surface area contributed by atoms with E-state index < -0.39 is 0 Å². The van der Waals surface area contributed by atoms with Crippen molar-refractivity contribution in [2.24, 2.45) is 21.6 Å². The SMILES string of the molecule is CN(C)C1=NC(C2CCCCC2)N=C(N)C1. The minimum absolute atomic E-state index is 0.0893. The number of nitrogens with zero attached hydrogens (tertiary/aromatic N) is 3. The molecule has 1 heterocycles. The van der Waals surface area contributed by atoms with Gasteiger partial charge in [-0.25, -0.2) is 9.98 Å². The highest BCUT2D eigenvalue weighted by molar-refractivity contribution is 6.02. The summed E-state index contributed by atoms with van der Waals surface area (Å²) in [6, 6.07) is 0. The number of rotatable bonds is 1. The molecular formula is C12H22N4. The summed E-state index contributed by atoms with van der Waals surface area (Å²) in [6.45, 7) is 0. The van der Waals surface area contributed by atoms with E-state index in [0.29, 0.717) is 12.3 Å². The molecule has 2 rings (SSSR count). The molecule has 0 aromatic rings. The number of amidine groups is 2. The second kappa shape index (κ2) is 4.85. The molecule has 0 aromatic carbocycles. The topological polar surface area (TPSA) is 54.0 Å². The maximum absolute atomic E-state index is 5.90. The lowest BCUT2D eigenvalue weighted by Crippen LogP contribution is -2.36. The monoisotopic (exact) mass is 222 g/mol. The van der Waals surface area contributed by atoms with Crippen molar-refractivity contribution in [2.45, 2.75) is 44.7 Å². The van der Waals surface area contributed by atoms with Crippen molar-refractivity contribution >= 4 is 11.7 Å². The van der Waals surface area contributed by atoms with E-state index in [1.54, 1.807) is 0 Å². The van der Waals surface area contributed by atoms with Gasteiger partial charge in [0.25, 0.3) is 0 Å². The Morgan fingerprint density at radius 1 is 1.12 bits per heavy atom. The van der Waals surface area contributed by atoms with Gasteiger partial charge in [0.2, 0.25) is 0 Å². The Morgan fingerprint density at radius 3 is 2.44 bits per heavy atom. The lowest BCUT2D eigenvalue weighted by molar-refractivity contribution is 0.308. The molecule has 1 aliphatic heterocycles. The fourth-order valence-electron chi connectivity index (χ4n) is 2.52. The lowest BCUT2D eigenvalue weighted by Gasteiger charge is -2.29. The number of aliphatic imine (C=N–C) groups is 2. The number of hydrogen-bond donors (Lipinski definition) is 1. The second-order valence-corrected chi connectivity index (χ2v) is 5.05. The summed E-state index contributed by atoms with van der Waals surface area (Å²) in [7, 11) is 4.05. The summed E-state index contributed by atoms with van der Waals surface area (Å²) in [4.78, 5) is 11.3. The van der Waals surface area contributed by atoms with Crippen LogP contribution in [0, 0.1) is 5.92 Å². The molecule has 0 spiro atoms. The van der Waals surface area contributed by atoms with E-state index in [-0.39, 0.29) is 6.17 Å². The summed E-state index contributed by atoms with van der Waals surface area (Å²) >= 11 is 0. The van der Waals surface area contributed by atoms with Crippen LogP contribution in [0.1, 0.15) is 38.5 Å². The van der Waals surface area contributed by atoms with E-state index >= 15 is 0 Å². The maximum atomic E-state index is 5.90. The Labute approximate surface area is 97.6 Å². The van der Waals surface area contributed by atoms with E-state index in [1.807, 2.05) is 14.1 Å². The molecule has 4 heteroatoms. The molecule has 0 radical (unpaired) electrons. The predicted molar refractivity (Wildman–Crippen MR) is 67.7 cm³/mol. The Bertz CT molecular complexity index is 300. The molecule has 4 nitrogen and oxygen atoms in total. The van der Waals surface area contributed by atoms with Crippen LogP contribution in [0.4, 0.5) is 0 Å². The normalized spacial score (nSPS) is 27.2. The first-order valence-corrected chi connectivity index (χ1v) is 6.23. The summed E-state index contributed by atoms with van der Waals surface area (Å²) in [6.07, 6.45) is 7.32. The first kappa shape index (κ1) is 11.4. The average Bonchev–Trinajstić information content (AvgIpc) is 2.29. The highest BCUT2D eigenvalue weighted by Crippen LogP contribution is 2.29. The third-order valence-electron chi connectivity index (χ3n) is 3.51. The van der Waals surface area contributed by atoms with Gasteiger partial charge in [-0.3, -0.25) is 0 Å². The van der Waals surface area contributed by atoms with Crippen LogP contribution >= 0.6 is 0 Å². The number of hydrogen-bond acceptors (Lipinski definition) is 4. The highest BCUT2D eigenvalue weighted by Gasteiger charge is 2.26. The zero-order chi connectivity index (χ0) is 11.5. The first-order valence-electron chi connectivity index (χ1n) is 6.23. The molecule has 0 saturated heterocycles. The van der Waals surface area contributed by atoms with Crippen molar-refractivity contribution in [3.05, 3.63) is 0 Å². The van der Waals surface area contributed by atoms with Crippen LogP contribution in [-0.2, 0) is 0 Å². The average molecular weight is 222 g/mol. The van der Waals surface area contributed by atoms with Crippen LogP contribution in [0.2, 0.25) is 0 Å². The second-order valence-electron chi connectivity index (χ2n) is 5.05. The van der Waals surface area contributed by atoms with Gasteiger partial charge < -0.3 is 10.6 Å². The smallest absolute Gasteiger partial charge is 0.146 e. The molecule has 2 N–H and O–H groups in total.